The molecular formula is C21H36N4O2S. The normalized spacial score (nSPS) is 21.9. The predicted octanol–water partition coefficient (Wildman–Crippen LogP) is 2.57. The standard InChI is InChI=1S/C21H36N4O2S/c1-22-21(23-8-3-11-26-16-19-7-12-27-17-19)24-14-18-5-9-25(10-6-18)15-20-4-2-13-28-20/h2,4,13,18-19H,3,5-12,14-17H2,1H3,(H2,22,23,24). The number of ether oxygens (including phenoxy) is 2. The third-order valence-corrected chi connectivity index (χ3v) is 6.45. The minimum Gasteiger partial charge on any atom is -0.381 e. The van der Waals surface area contributed by atoms with Crippen molar-refractivity contribution in [3.05, 3.63) is 22.4 Å². The zero-order valence-electron chi connectivity index (χ0n) is 17.2. The average molecular weight is 409 g/mol. The molecule has 0 spiro atoms. The first-order valence-corrected chi connectivity index (χ1v) is 11.6. The molecule has 1 aromatic heterocycles. The Balaban J connectivity index is 1.20. The van der Waals surface area contributed by atoms with Gasteiger partial charge in [-0.3, -0.25) is 9.89 Å². The number of thiophene rings is 1. The molecule has 7 heteroatoms. The summed E-state index contributed by atoms with van der Waals surface area (Å²) >= 11 is 1.86. The van der Waals surface area contributed by atoms with E-state index in [1.165, 1.54) is 30.8 Å². The minimum absolute atomic E-state index is 0.596. The first-order valence-electron chi connectivity index (χ1n) is 10.7. The van der Waals surface area contributed by atoms with Crippen LogP contribution in [0.25, 0.3) is 0 Å². The number of hydrogen-bond donors (Lipinski definition) is 2. The van der Waals surface area contributed by atoms with Crippen molar-refractivity contribution in [2.45, 2.75) is 32.2 Å². The maximum Gasteiger partial charge on any atom is 0.190 e. The van der Waals surface area contributed by atoms with Crippen LogP contribution >= 0.6 is 11.3 Å². The fourth-order valence-electron chi connectivity index (χ4n) is 3.78. The molecule has 2 saturated heterocycles. The molecule has 3 rings (SSSR count). The minimum atomic E-state index is 0.596. The van der Waals surface area contributed by atoms with Gasteiger partial charge in [0.2, 0.25) is 0 Å². The summed E-state index contributed by atoms with van der Waals surface area (Å²) in [5.41, 5.74) is 0. The summed E-state index contributed by atoms with van der Waals surface area (Å²) in [7, 11) is 1.84. The second-order valence-corrected chi connectivity index (χ2v) is 8.87. The third-order valence-electron chi connectivity index (χ3n) is 5.58. The van der Waals surface area contributed by atoms with Crippen molar-refractivity contribution >= 4 is 17.3 Å². The van der Waals surface area contributed by atoms with E-state index < -0.39 is 0 Å². The number of nitrogens with one attached hydrogen (secondary N) is 2. The van der Waals surface area contributed by atoms with Gasteiger partial charge in [-0.05, 0) is 56.1 Å². The number of hydrogen-bond acceptors (Lipinski definition) is 5. The lowest BCUT2D eigenvalue weighted by molar-refractivity contribution is 0.0888. The van der Waals surface area contributed by atoms with Crippen molar-refractivity contribution in [2.75, 3.05) is 59.7 Å². The van der Waals surface area contributed by atoms with Crippen molar-refractivity contribution in [3.8, 4) is 0 Å². The van der Waals surface area contributed by atoms with E-state index in [1.807, 2.05) is 18.4 Å². The van der Waals surface area contributed by atoms with Crippen molar-refractivity contribution in [2.24, 2.45) is 16.8 Å². The Kier molecular flexibility index (Phi) is 9.56. The topological polar surface area (TPSA) is 58.1 Å². The number of rotatable bonds is 10. The third kappa shape index (κ3) is 7.70. The molecular weight excluding hydrogens is 372 g/mol. The summed E-state index contributed by atoms with van der Waals surface area (Å²) in [5.74, 6) is 2.24. The second kappa shape index (κ2) is 12.4. The Hall–Kier alpha value is -1.15. The Morgan fingerprint density at radius 2 is 2.18 bits per heavy atom. The highest BCUT2D eigenvalue weighted by molar-refractivity contribution is 7.09. The molecule has 6 nitrogen and oxygen atoms in total. The van der Waals surface area contributed by atoms with Crippen molar-refractivity contribution in [3.63, 3.8) is 0 Å². The number of piperidine rings is 1. The zero-order valence-corrected chi connectivity index (χ0v) is 18.0. The van der Waals surface area contributed by atoms with Gasteiger partial charge in [-0.2, -0.15) is 0 Å². The lowest BCUT2D eigenvalue weighted by Crippen LogP contribution is -2.43. The molecule has 0 aromatic carbocycles. The summed E-state index contributed by atoms with van der Waals surface area (Å²) in [6, 6.07) is 4.38. The quantitative estimate of drug-likeness (QED) is 0.354. The summed E-state index contributed by atoms with van der Waals surface area (Å²) in [6.07, 6.45) is 4.65. The van der Waals surface area contributed by atoms with E-state index in [4.69, 9.17) is 9.47 Å². The monoisotopic (exact) mass is 408 g/mol. The Labute approximate surface area is 173 Å². The summed E-state index contributed by atoms with van der Waals surface area (Å²) in [6.45, 7) is 8.77. The van der Waals surface area contributed by atoms with Crippen LogP contribution in [0.15, 0.2) is 22.5 Å². The molecule has 0 saturated carbocycles. The van der Waals surface area contributed by atoms with Gasteiger partial charge >= 0.3 is 0 Å². The lowest BCUT2D eigenvalue weighted by atomic mass is 9.97. The molecule has 0 aliphatic carbocycles. The molecule has 1 atom stereocenters. The Morgan fingerprint density at radius 3 is 2.89 bits per heavy atom. The summed E-state index contributed by atoms with van der Waals surface area (Å²) in [4.78, 5) is 8.40. The van der Waals surface area contributed by atoms with E-state index in [0.717, 1.165) is 70.8 Å². The molecule has 158 valence electrons. The van der Waals surface area contributed by atoms with E-state index in [2.05, 4.69) is 38.0 Å². The highest BCUT2D eigenvalue weighted by Gasteiger charge is 2.19. The average Bonchev–Trinajstić information content (AvgIpc) is 3.42. The van der Waals surface area contributed by atoms with E-state index in [9.17, 15) is 0 Å². The Bertz CT molecular complexity index is 553. The molecule has 1 aromatic rings. The lowest BCUT2D eigenvalue weighted by Gasteiger charge is -2.32. The van der Waals surface area contributed by atoms with E-state index >= 15 is 0 Å². The highest BCUT2D eigenvalue weighted by Crippen LogP contribution is 2.20. The predicted molar refractivity (Wildman–Crippen MR) is 116 cm³/mol. The number of likely N-dealkylation sites (tertiary alicyclic amines) is 1. The number of nitrogens with zero attached hydrogens (tertiary/aromatic N) is 2. The summed E-state index contributed by atoms with van der Waals surface area (Å²) in [5, 5.41) is 9.07. The van der Waals surface area contributed by atoms with Crippen molar-refractivity contribution < 1.29 is 9.47 Å². The van der Waals surface area contributed by atoms with Gasteiger partial charge in [0, 0.05) is 50.7 Å². The van der Waals surface area contributed by atoms with Gasteiger partial charge < -0.3 is 20.1 Å². The van der Waals surface area contributed by atoms with Gasteiger partial charge in [-0.25, -0.2) is 0 Å². The first-order chi connectivity index (χ1) is 13.8. The van der Waals surface area contributed by atoms with E-state index in [1.54, 1.807) is 0 Å². The van der Waals surface area contributed by atoms with Gasteiger partial charge in [0.25, 0.3) is 0 Å². The van der Waals surface area contributed by atoms with Crippen LogP contribution < -0.4 is 10.6 Å². The molecule has 0 bridgehead atoms. The van der Waals surface area contributed by atoms with Crippen molar-refractivity contribution in [1.29, 1.82) is 0 Å². The number of aliphatic imine (C=N–C) groups is 1. The molecule has 0 radical (unpaired) electrons. The second-order valence-electron chi connectivity index (χ2n) is 7.84. The van der Waals surface area contributed by atoms with Crippen LogP contribution in [0.1, 0.15) is 30.6 Å². The molecule has 3 heterocycles. The fourth-order valence-corrected chi connectivity index (χ4v) is 4.53. The molecule has 2 N–H and O–H groups in total. The summed E-state index contributed by atoms with van der Waals surface area (Å²) < 4.78 is 11.1. The molecule has 1 unspecified atom stereocenters. The fraction of sp³-hybridized carbons (Fsp3) is 0.762. The van der Waals surface area contributed by atoms with Crippen LogP contribution in [-0.4, -0.2) is 70.5 Å². The molecule has 2 fully saturated rings. The van der Waals surface area contributed by atoms with E-state index in [-0.39, 0.29) is 0 Å². The van der Waals surface area contributed by atoms with Crippen LogP contribution in [0, 0.1) is 11.8 Å². The van der Waals surface area contributed by atoms with Crippen LogP contribution in [0.2, 0.25) is 0 Å². The van der Waals surface area contributed by atoms with Gasteiger partial charge in [0.05, 0.1) is 13.2 Å². The molecule has 0 amide bonds. The SMILES string of the molecule is CN=C(NCCCOCC1CCOC1)NCC1CCN(Cc2cccs2)CC1. The van der Waals surface area contributed by atoms with Crippen LogP contribution in [0.4, 0.5) is 0 Å². The maximum atomic E-state index is 5.75. The molecule has 2 aliphatic heterocycles. The van der Waals surface area contributed by atoms with Gasteiger partial charge in [0.15, 0.2) is 5.96 Å². The number of guanidine groups is 1. The zero-order chi connectivity index (χ0) is 19.4. The van der Waals surface area contributed by atoms with Crippen LogP contribution in [0.3, 0.4) is 0 Å². The van der Waals surface area contributed by atoms with Gasteiger partial charge in [-0.1, -0.05) is 6.07 Å². The van der Waals surface area contributed by atoms with E-state index in [0.29, 0.717) is 5.92 Å². The molecule has 28 heavy (non-hydrogen) atoms. The first kappa shape index (κ1) is 21.6. The van der Waals surface area contributed by atoms with Crippen LogP contribution in [-0.2, 0) is 16.0 Å². The smallest absolute Gasteiger partial charge is 0.190 e. The Morgan fingerprint density at radius 1 is 1.29 bits per heavy atom. The van der Waals surface area contributed by atoms with Gasteiger partial charge in [-0.15, -0.1) is 11.3 Å². The van der Waals surface area contributed by atoms with Gasteiger partial charge in [0.1, 0.15) is 0 Å². The maximum absolute atomic E-state index is 5.75. The molecule has 2 aliphatic rings. The van der Waals surface area contributed by atoms with Crippen LogP contribution in [0.5, 0.6) is 0 Å². The highest BCUT2D eigenvalue weighted by atomic mass is 32.1. The van der Waals surface area contributed by atoms with Crippen molar-refractivity contribution in [1.82, 2.24) is 15.5 Å². The largest absolute Gasteiger partial charge is 0.381 e.